The third-order valence-corrected chi connectivity index (χ3v) is 4.93. The van der Waals surface area contributed by atoms with E-state index in [2.05, 4.69) is 50.9 Å². The van der Waals surface area contributed by atoms with Gasteiger partial charge in [-0.05, 0) is 41.1 Å². The molecule has 0 saturated carbocycles. The van der Waals surface area contributed by atoms with Crippen molar-refractivity contribution < 1.29 is 0 Å². The Hall–Kier alpha value is -1.33. The van der Waals surface area contributed by atoms with Crippen LogP contribution in [0, 0.1) is 0 Å². The largest absolute Gasteiger partial charge is 0.356 e. The first-order chi connectivity index (χ1) is 10.7. The molecule has 0 radical (unpaired) electrons. The molecule has 1 aromatic heterocycles. The van der Waals surface area contributed by atoms with Crippen LogP contribution in [0.4, 0.5) is 0 Å². The van der Waals surface area contributed by atoms with E-state index in [9.17, 15) is 0 Å². The number of nitrogens with one attached hydrogen (secondary N) is 2. The molecule has 0 spiro atoms. The van der Waals surface area contributed by atoms with Crippen LogP contribution in [0.5, 0.6) is 0 Å². The van der Waals surface area contributed by atoms with Crippen LogP contribution in [0.2, 0.25) is 0 Å². The van der Waals surface area contributed by atoms with Crippen molar-refractivity contribution in [3.8, 4) is 0 Å². The van der Waals surface area contributed by atoms with Gasteiger partial charge < -0.3 is 10.6 Å². The van der Waals surface area contributed by atoms with Crippen molar-refractivity contribution in [1.82, 2.24) is 15.5 Å². The quantitative estimate of drug-likeness (QED) is 0.481. The fourth-order valence-corrected chi connectivity index (χ4v) is 3.54. The smallest absolute Gasteiger partial charge is 0.191 e. The second-order valence-corrected chi connectivity index (χ2v) is 6.70. The Morgan fingerprint density at radius 1 is 1.55 bits per heavy atom. The highest BCUT2D eigenvalue weighted by molar-refractivity contribution is 7.07. The highest BCUT2D eigenvalue weighted by atomic mass is 32.1. The van der Waals surface area contributed by atoms with E-state index < -0.39 is 0 Å². The summed E-state index contributed by atoms with van der Waals surface area (Å²) in [6.45, 7) is 10.2. The molecule has 2 heterocycles. The van der Waals surface area contributed by atoms with Gasteiger partial charge in [-0.2, -0.15) is 11.3 Å². The summed E-state index contributed by atoms with van der Waals surface area (Å²) in [6, 6.07) is 2.71. The zero-order valence-electron chi connectivity index (χ0n) is 13.7. The molecule has 2 N–H and O–H groups in total. The van der Waals surface area contributed by atoms with Crippen molar-refractivity contribution >= 4 is 17.3 Å². The maximum atomic E-state index is 4.36. The molecule has 1 aromatic rings. The molecule has 0 aliphatic carbocycles. The number of rotatable bonds is 6. The van der Waals surface area contributed by atoms with Crippen LogP contribution in [0.15, 0.2) is 34.5 Å². The van der Waals surface area contributed by atoms with Crippen molar-refractivity contribution in [2.24, 2.45) is 4.99 Å². The van der Waals surface area contributed by atoms with Crippen LogP contribution in [0.1, 0.15) is 31.2 Å². The van der Waals surface area contributed by atoms with E-state index >= 15 is 0 Å². The van der Waals surface area contributed by atoms with E-state index in [-0.39, 0.29) is 0 Å². The molecule has 1 atom stereocenters. The molecule has 1 aliphatic rings. The lowest BCUT2D eigenvalue weighted by molar-refractivity contribution is 0.225. The van der Waals surface area contributed by atoms with Crippen molar-refractivity contribution in [2.75, 3.05) is 33.2 Å². The van der Waals surface area contributed by atoms with Gasteiger partial charge in [0.15, 0.2) is 5.96 Å². The summed E-state index contributed by atoms with van der Waals surface area (Å²) in [5.41, 5.74) is 1.39. The summed E-state index contributed by atoms with van der Waals surface area (Å²) in [4.78, 5) is 6.80. The highest BCUT2D eigenvalue weighted by Crippen LogP contribution is 2.17. The van der Waals surface area contributed by atoms with E-state index in [0.29, 0.717) is 12.0 Å². The molecule has 1 fully saturated rings. The summed E-state index contributed by atoms with van der Waals surface area (Å²) in [5.74, 6) is 1.42. The van der Waals surface area contributed by atoms with Crippen LogP contribution in [-0.4, -0.2) is 50.1 Å². The van der Waals surface area contributed by atoms with Gasteiger partial charge in [0.25, 0.3) is 0 Å². The molecular weight excluding hydrogens is 292 g/mol. The van der Waals surface area contributed by atoms with Crippen LogP contribution >= 0.6 is 11.3 Å². The Balaban J connectivity index is 1.73. The van der Waals surface area contributed by atoms with Gasteiger partial charge in [0.1, 0.15) is 0 Å². The summed E-state index contributed by atoms with van der Waals surface area (Å²) in [7, 11) is 1.84. The summed E-state index contributed by atoms with van der Waals surface area (Å²) >= 11 is 1.76. The fourth-order valence-electron chi connectivity index (χ4n) is 2.75. The van der Waals surface area contributed by atoms with Gasteiger partial charge in [-0.1, -0.05) is 13.0 Å². The van der Waals surface area contributed by atoms with E-state index in [4.69, 9.17) is 0 Å². The molecule has 122 valence electrons. The molecular formula is C17H28N4S. The maximum absolute atomic E-state index is 4.36. The normalized spacial score (nSPS) is 18.9. The number of guanidine groups is 1. The van der Waals surface area contributed by atoms with E-state index in [1.807, 2.05) is 13.1 Å². The van der Waals surface area contributed by atoms with Crippen molar-refractivity contribution in [1.29, 1.82) is 0 Å². The predicted octanol–water partition coefficient (Wildman–Crippen LogP) is 2.67. The summed E-state index contributed by atoms with van der Waals surface area (Å²) in [6.07, 6.45) is 4.31. The SMILES string of the molecule is C=CCN1CCC(NC(=NC)NCC(C)c2ccsc2)CC1. The van der Waals surface area contributed by atoms with Crippen molar-refractivity contribution in [2.45, 2.75) is 31.7 Å². The molecule has 2 rings (SSSR count). The van der Waals surface area contributed by atoms with E-state index in [1.165, 1.54) is 5.56 Å². The second-order valence-electron chi connectivity index (χ2n) is 5.92. The first-order valence-electron chi connectivity index (χ1n) is 8.05. The Bertz CT molecular complexity index is 461. The van der Waals surface area contributed by atoms with Crippen LogP contribution in [-0.2, 0) is 0 Å². The zero-order valence-corrected chi connectivity index (χ0v) is 14.5. The lowest BCUT2D eigenvalue weighted by atomic mass is 10.0. The van der Waals surface area contributed by atoms with Gasteiger partial charge in [-0.25, -0.2) is 0 Å². The van der Waals surface area contributed by atoms with Gasteiger partial charge in [0.05, 0.1) is 0 Å². The fraction of sp³-hybridized carbons (Fsp3) is 0.588. The lowest BCUT2D eigenvalue weighted by Gasteiger charge is -2.32. The Labute approximate surface area is 138 Å². The van der Waals surface area contributed by atoms with Crippen LogP contribution < -0.4 is 10.6 Å². The van der Waals surface area contributed by atoms with Gasteiger partial charge in [-0.15, -0.1) is 6.58 Å². The molecule has 1 unspecified atom stereocenters. The van der Waals surface area contributed by atoms with Crippen LogP contribution in [0.25, 0.3) is 0 Å². The van der Waals surface area contributed by atoms with E-state index in [0.717, 1.165) is 45.0 Å². The monoisotopic (exact) mass is 320 g/mol. The van der Waals surface area contributed by atoms with Gasteiger partial charge in [0.2, 0.25) is 0 Å². The van der Waals surface area contributed by atoms with Crippen molar-refractivity contribution in [3.05, 3.63) is 35.0 Å². The standard InChI is InChI=1S/C17H28N4S/c1-4-8-21-9-5-16(6-10-21)20-17(18-3)19-12-14(2)15-7-11-22-13-15/h4,7,11,13-14,16H,1,5-6,8-10,12H2,2-3H3,(H2,18,19,20). The Morgan fingerprint density at radius 2 is 2.32 bits per heavy atom. The second kappa shape index (κ2) is 8.96. The highest BCUT2D eigenvalue weighted by Gasteiger charge is 2.19. The molecule has 0 amide bonds. The number of likely N-dealkylation sites (tertiary alicyclic amines) is 1. The number of aliphatic imine (C=N–C) groups is 1. The minimum absolute atomic E-state index is 0.499. The Morgan fingerprint density at radius 3 is 2.91 bits per heavy atom. The van der Waals surface area contributed by atoms with Gasteiger partial charge in [-0.3, -0.25) is 9.89 Å². The molecule has 0 bridgehead atoms. The first-order valence-corrected chi connectivity index (χ1v) is 8.99. The summed E-state index contributed by atoms with van der Waals surface area (Å²) in [5, 5.41) is 11.4. The molecule has 22 heavy (non-hydrogen) atoms. The molecule has 1 aliphatic heterocycles. The first kappa shape index (κ1) is 17.0. The third kappa shape index (κ3) is 5.14. The maximum Gasteiger partial charge on any atom is 0.191 e. The molecule has 4 nitrogen and oxygen atoms in total. The lowest BCUT2D eigenvalue weighted by Crippen LogP contribution is -2.49. The van der Waals surface area contributed by atoms with Gasteiger partial charge in [0, 0.05) is 39.3 Å². The number of thiophene rings is 1. The molecule has 1 saturated heterocycles. The number of piperidine rings is 1. The third-order valence-electron chi connectivity index (χ3n) is 4.23. The average Bonchev–Trinajstić information content (AvgIpc) is 3.07. The van der Waals surface area contributed by atoms with Crippen molar-refractivity contribution in [3.63, 3.8) is 0 Å². The van der Waals surface area contributed by atoms with E-state index in [1.54, 1.807) is 11.3 Å². The minimum Gasteiger partial charge on any atom is -0.356 e. The number of hydrogen-bond acceptors (Lipinski definition) is 3. The predicted molar refractivity (Wildman–Crippen MR) is 96.9 cm³/mol. The van der Waals surface area contributed by atoms with Crippen LogP contribution in [0.3, 0.4) is 0 Å². The topological polar surface area (TPSA) is 39.7 Å². The molecule has 0 aromatic carbocycles. The average molecular weight is 321 g/mol. The summed E-state index contributed by atoms with van der Waals surface area (Å²) < 4.78 is 0. The van der Waals surface area contributed by atoms with Gasteiger partial charge >= 0.3 is 0 Å². The Kier molecular flexibility index (Phi) is 6.93. The number of hydrogen-bond donors (Lipinski definition) is 2. The molecule has 5 heteroatoms. The minimum atomic E-state index is 0.499. The number of nitrogens with zero attached hydrogens (tertiary/aromatic N) is 2. The zero-order chi connectivity index (χ0) is 15.8.